The smallest absolute Gasteiger partial charge is 0.335 e. The summed E-state index contributed by atoms with van der Waals surface area (Å²) in [6.45, 7) is 2.17. The summed E-state index contributed by atoms with van der Waals surface area (Å²) < 4.78 is 11.1. The average molecular weight is 562 g/mol. The largest absolute Gasteiger partial charge is 0.503 e. The van der Waals surface area contributed by atoms with Gasteiger partial charge in [0.05, 0.1) is 17.3 Å². The van der Waals surface area contributed by atoms with Gasteiger partial charge in [0.1, 0.15) is 17.9 Å². The maximum Gasteiger partial charge on any atom is 0.335 e. The molecule has 37 heavy (non-hydrogen) atoms. The van der Waals surface area contributed by atoms with Crippen LogP contribution >= 0.6 is 34.8 Å². The van der Waals surface area contributed by atoms with Crippen LogP contribution in [-0.2, 0) is 16.2 Å². The van der Waals surface area contributed by atoms with Gasteiger partial charge < -0.3 is 14.6 Å². The Morgan fingerprint density at radius 1 is 0.946 bits per heavy atom. The summed E-state index contributed by atoms with van der Waals surface area (Å²) in [5.74, 6) is -1.41. The second kappa shape index (κ2) is 11.1. The molecular formula is C26H19Cl3N2O6. The molecule has 1 fully saturated rings. The third-order valence-electron chi connectivity index (χ3n) is 5.27. The number of hydrogen-bond donors (Lipinski definition) is 2. The van der Waals surface area contributed by atoms with E-state index in [0.29, 0.717) is 21.4 Å². The molecule has 0 aliphatic carbocycles. The van der Waals surface area contributed by atoms with Crippen LogP contribution in [0.25, 0.3) is 6.08 Å². The lowest BCUT2D eigenvalue weighted by Crippen LogP contribution is -2.54. The van der Waals surface area contributed by atoms with Crippen molar-refractivity contribution < 1.29 is 29.0 Å². The second-order valence-corrected chi connectivity index (χ2v) is 9.01. The minimum Gasteiger partial charge on any atom is -0.503 e. The predicted octanol–water partition coefficient (Wildman–Crippen LogP) is 6.00. The first-order valence-electron chi connectivity index (χ1n) is 10.9. The van der Waals surface area contributed by atoms with Gasteiger partial charge in [-0.2, -0.15) is 0 Å². The lowest BCUT2D eigenvalue weighted by Gasteiger charge is -2.26. The first kappa shape index (κ1) is 26.3. The number of amides is 4. The van der Waals surface area contributed by atoms with Gasteiger partial charge in [-0.3, -0.25) is 14.9 Å². The molecule has 11 heteroatoms. The molecule has 1 aliphatic heterocycles. The van der Waals surface area contributed by atoms with Crippen LogP contribution in [0.5, 0.6) is 17.2 Å². The number of halogens is 3. The number of barbiturate groups is 1. The third kappa shape index (κ3) is 5.83. The Hall–Kier alpha value is -3.72. The Labute approximate surface area is 226 Å². The van der Waals surface area contributed by atoms with Crippen molar-refractivity contribution in [3.8, 4) is 17.2 Å². The monoisotopic (exact) mass is 560 g/mol. The maximum atomic E-state index is 13.2. The van der Waals surface area contributed by atoms with Crippen LogP contribution in [0.1, 0.15) is 18.1 Å². The molecule has 1 heterocycles. The highest BCUT2D eigenvalue weighted by molar-refractivity contribution is 6.39. The van der Waals surface area contributed by atoms with E-state index < -0.39 is 17.8 Å². The summed E-state index contributed by atoms with van der Waals surface area (Å²) in [5, 5.41) is 13.1. The summed E-state index contributed by atoms with van der Waals surface area (Å²) in [6.07, 6.45) is 1.26. The van der Waals surface area contributed by atoms with Crippen LogP contribution in [0.4, 0.5) is 10.5 Å². The molecule has 8 nitrogen and oxygen atoms in total. The molecule has 190 valence electrons. The molecule has 0 unspecified atom stereocenters. The van der Waals surface area contributed by atoms with E-state index in [1.807, 2.05) is 0 Å². The zero-order chi connectivity index (χ0) is 26.7. The van der Waals surface area contributed by atoms with Gasteiger partial charge in [0.25, 0.3) is 11.8 Å². The molecule has 0 atom stereocenters. The Morgan fingerprint density at radius 2 is 1.68 bits per heavy atom. The van der Waals surface area contributed by atoms with Crippen molar-refractivity contribution in [2.24, 2.45) is 0 Å². The van der Waals surface area contributed by atoms with E-state index in [4.69, 9.17) is 44.3 Å². The second-order valence-electron chi connectivity index (χ2n) is 7.76. The highest BCUT2D eigenvalue weighted by Gasteiger charge is 2.37. The van der Waals surface area contributed by atoms with Crippen molar-refractivity contribution in [2.45, 2.75) is 13.5 Å². The van der Waals surface area contributed by atoms with Gasteiger partial charge in [0.15, 0.2) is 11.5 Å². The van der Waals surface area contributed by atoms with E-state index in [2.05, 4.69) is 5.32 Å². The predicted molar refractivity (Wildman–Crippen MR) is 141 cm³/mol. The molecule has 0 bridgehead atoms. The van der Waals surface area contributed by atoms with E-state index in [1.54, 1.807) is 37.3 Å². The molecule has 2 N–H and O–H groups in total. The van der Waals surface area contributed by atoms with Crippen LogP contribution in [0, 0.1) is 0 Å². The number of nitrogens with zero attached hydrogens (tertiary/aromatic N) is 1. The lowest BCUT2D eigenvalue weighted by molar-refractivity contribution is -0.122. The van der Waals surface area contributed by atoms with Crippen molar-refractivity contribution in [3.63, 3.8) is 0 Å². The van der Waals surface area contributed by atoms with Gasteiger partial charge in [-0.1, -0.05) is 40.9 Å². The molecule has 4 amide bonds. The minimum absolute atomic E-state index is 0.0233. The van der Waals surface area contributed by atoms with Crippen LogP contribution in [0.3, 0.4) is 0 Å². The minimum atomic E-state index is -0.896. The number of imide groups is 2. The number of phenolic OH excluding ortho intramolecular Hbond substituents is 1. The summed E-state index contributed by atoms with van der Waals surface area (Å²) in [7, 11) is 0. The van der Waals surface area contributed by atoms with Gasteiger partial charge in [-0.15, -0.1) is 0 Å². The molecule has 1 aliphatic rings. The molecule has 1 saturated heterocycles. The quantitative estimate of drug-likeness (QED) is 0.271. The zero-order valence-corrected chi connectivity index (χ0v) is 21.5. The number of anilines is 1. The fraction of sp³-hybridized carbons (Fsp3) is 0.115. The fourth-order valence-corrected chi connectivity index (χ4v) is 4.17. The van der Waals surface area contributed by atoms with E-state index in [1.165, 1.54) is 30.3 Å². The molecule has 0 aromatic heterocycles. The zero-order valence-electron chi connectivity index (χ0n) is 19.3. The topological polar surface area (TPSA) is 105 Å². The van der Waals surface area contributed by atoms with Crippen LogP contribution < -0.4 is 19.7 Å². The van der Waals surface area contributed by atoms with Crippen molar-refractivity contribution in [3.05, 3.63) is 86.4 Å². The molecule has 4 rings (SSSR count). The van der Waals surface area contributed by atoms with Crippen molar-refractivity contribution in [2.75, 3.05) is 11.5 Å². The van der Waals surface area contributed by atoms with Gasteiger partial charge >= 0.3 is 6.03 Å². The number of ether oxygens (including phenoxy) is 2. The number of carbonyl (C=O) groups excluding carboxylic acids is 3. The third-order valence-corrected chi connectivity index (χ3v) is 6.14. The summed E-state index contributed by atoms with van der Waals surface area (Å²) in [6, 6.07) is 13.1. The fourth-order valence-electron chi connectivity index (χ4n) is 3.49. The van der Waals surface area contributed by atoms with Crippen LogP contribution in [-0.4, -0.2) is 29.6 Å². The number of nitrogens with one attached hydrogen (secondary N) is 1. The van der Waals surface area contributed by atoms with Crippen LogP contribution in [0.15, 0.2) is 60.2 Å². The lowest BCUT2D eigenvalue weighted by atomic mass is 10.1. The molecular weight excluding hydrogens is 543 g/mol. The molecule has 3 aromatic carbocycles. The molecule has 3 aromatic rings. The number of rotatable bonds is 7. The first-order valence-corrected chi connectivity index (χ1v) is 12.0. The highest BCUT2D eigenvalue weighted by atomic mass is 35.5. The summed E-state index contributed by atoms with van der Waals surface area (Å²) in [4.78, 5) is 39.0. The highest BCUT2D eigenvalue weighted by Crippen LogP contribution is 2.36. The van der Waals surface area contributed by atoms with Crippen LogP contribution in [0.2, 0.25) is 15.1 Å². The molecule has 0 radical (unpaired) electrons. The standard InChI is InChI=1S/C26H19Cl3N2O6/c1-2-36-22-11-14(10-21(29)23(22)32)9-19-24(33)30-26(35)31(25(19)34)17-5-7-18(8-6-17)37-13-15-3-4-16(27)12-20(15)28/h3-12,32H,2,13H2,1H3,(H,30,33,35)/b19-9+. The van der Waals surface area contributed by atoms with E-state index in [0.717, 1.165) is 10.5 Å². The Morgan fingerprint density at radius 3 is 2.35 bits per heavy atom. The van der Waals surface area contributed by atoms with Gasteiger partial charge in [-0.05, 0) is 67.1 Å². The average Bonchev–Trinajstić information content (AvgIpc) is 2.85. The normalized spacial score (nSPS) is 14.6. The Balaban J connectivity index is 1.56. The van der Waals surface area contributed by atoms with Gasteiger partial charge in [0.2, 0.25) is 0 Å². The van der Waals surface area contributed by atoms with Crippen molar-refractivity contribution in [1.82, 2.24) is 5.32 Å². The number of hydrogen-bond acceptors (Lipinski definition) is 6. The Bertz CT molecular complexity index is 1420. The van der Waals surface area contributed by atoms with Gasteiger partial charge in [0, 0.05) is 15.6 Å². The van der Waals surface area contributed by atoms with Gasteiger partial charge in [-0.25, -0.2) is 9.69 Å². The van der Waals surface area contributed by atoms with Crippen molar-refractivity contribution >= 4 is 64.4 Å². The van der Waals surface area contributed by atoms with E-state index >= 15 is 0 Å². The summed E-state index contributed by atoms with van der Waals surface area (Å²) >= 11 is 18.1. The first-order chi connectivity index (χ1) is 17.7. The SMILES string of the molecule is CCOc1cc(/C=C2\C(=O)NC(=O)N(c3ccc(OCc4ccc(Cl)cc4Cl)cc3)C2=O)cc(Cl)c1O. The molecule has 0 spiro atoms. The number of urea groups is 1. The summed E-state index contributed by atoms with van der Waals surface area (Å²) in [5.41, 5.74) is 0.970. The van der Waals surface area contributed by atoms with E-state index in [9.17, 15) is 19.5 Å². The number of aromatic hydroxyl groups is 1. The number of carbonyl (C=O) groups is 3. The van der Waals surface area contributed by atoms with Crippen molar-refractivity contribution in [1.29, 1.82) is 0 Å². The number of benzene rings is 3. The molecule has 0 saturated carbocycles. The Kier molecular flexibility index (Phi) is 7.92. The van der Waals surface area contributed by atoms with E-state index in [-0.39, 0.29) is 41.0 Å². The maximum absolute atomic E-state index is 13.2. The number of phenols is 1.